The van der Waals surface area contributed by atoms with E-state index in [0.29, 0.717) is 41.7 Å². The third-order valence-electron chi connectivity index (χ3n) is 5.62. The van der Waals surface area contributed by atoms with Gasteiger partial charge in [0.15, 0.2) is 10.9 Å². The Balaban J connectivity index is 1.65. The molecule has 1 amide bonds. The summed E-state index contributed by atoms with van der Waals surface area (Å²) < 4.78 is 33.7. The zero-order valence-electron chi connectivity index (χ0n) is 18.5. The Morgan fingerprint density at radius 3 is 2.50 bits per heavy atom. The molecule has 1 saturated heterocycles. The van der Waals surface area contributed by atoms with Crippen LogP contribution in [0.5, 0.6) is 0 Å². The molecule has 1 fully saturated rings. The van der Waals surface area contributed by atoms with E-state index in [1.165, 1.54) is 6.07 Å². The number of nitrogens with zero attached hydrogens (tertiary/aromatic N) is 3. The highest BCUT2D eigenvalue weighted by molar-refractivity contribution is 7.22. The summed E-state index contributed by atoms with van der Waals surface area (Å²) in [6, 6.07) is 9.62. The van der Waals surface area contributed by atoms with Crippen LogP contribution in [0.25, 0.3) is 10.2 Å². The standard InChI is InChI=1S/C24H27F2N3O2S/c1-24(2,3)17-6-4-16(5-7-17)22(30)29(9-8-28-10-12-31-13-11-28)23-27-21-19(26)14-18(25)15-20(21)32-23/h4-7,14-15H,8-13H2,1-3H3. The summed E-state index contributed by atoms with van der Waals surface area (Å²) in [5, 5.41) is 0.364. The molecule has 1 aliphatic heterocycles. The smallest absolute Gasteiger partial charge is 0.260 e. The fourth-order valence-electron chi connectivity index (χ4n) is 3.68. The van der Waals surface area contributed by atoms with Crippen LogP contribution in [0.15, 0.2) is 36.4 Å². The van der Waals surface area contributed by atoms with Crippen LogP contribution in [0.3, 0.4) is 0 Å². The number of aromatic nitrogens is 1. The Bertz CT molecular complexity index is 1100. The Kier molecular flexibility index (Phi) is 6.55. The van der Waals surface area contributed by atoms with Crippen molar-refractivity contribution in [2.24, 2.45) is 0 Å². The van der Waals surface area contributed by atoms with E-state index in [1.54, 1.807) is 4.90 Å². The molecule has 3 aromatic rings. The molecule has 2 heterocycles. The van der Waals surface area contributed by atoms with Gasteiger partial charge in [0, 0.05) is 37.8 Å². The van der Waals surface area contributed by atoms with E-state index < -0.39 is 11.6 Å². The van der Waals surface area contributed by atoms with Crippen molar-refractivity contribution >= 4 is 32.6 Å². The van der Waals surface area contributed by atoms with Crippen molar-refractivity contribution in [3.05, 3.63) is 59.2 Å². The largest absolute Gasteiger partial charge is 0.379 e. The molecular formula is C24H27F2N3O2S. The van der Waals surface area contributed by atoms with E-state index in [0.717, 1.165) is 36.1 Å². The lowest BCUT2D eigenvalue weighted by Gasteiger charge is -2.29. The van der Waals surface area contributed by atoms with Gasteiger partial charge in [-0.3, -0.25) is 14.6 Å². The Morgan fingerprint density at radius 1 is 1.16 bits per heavy atom. The number of fused-ring (bicyclic) bond motifs is 1. The second-order valence-electron chi connectivity index (χ2n) is 8.97. The van der Waals surface area contributed by atoms with E-state index in [9.17, 15) is 13.6 Å². The lowest BCUT2D eigenvalue weighted by Crippen LogP contribution is -2.43. The normalized spacial score (nSPS) is 15.3. The highest BCUT2D eigenvalue weighted by Crippen LogP contribution is 2.32. The van der Waals surface area contributed by atoms with Crippen molar-refractivity contribution in [3.63, 3.8) is 0 Å². The van der Waals surface area contributed by atoms with Crippen LogP contribution in [0.1, 0.15) is 36.7 Å². The number of rotatable bonds is 5. The predicted octanol–water partition coefficient (Wildman–Crippen LogP) is 4.85. The van der Waals surface area contributed by atoms with Crippen LogP contribution in [-0.4, -0.2) is 55.2 Å². The molecule has 8 heteroatoms. The van der Waals surface area contributed by atoms with Crippen LogP contribution in [0.4, 0.5) is 13.9 Å². The number of thiazole rings is 1. The first kappa shape index (κ1) is 22.8. The monoisotopic (exact) mass is 459 g/mol. The molecule has 1 aliphatic rings. The maximum absolute atomic E-state index is 14.3. The van der Waals surface area contributed by atoms with Crippen LogP contribution in [-0.2, 0) is 10.2 Å². The van der Waals surface area contributed by atoms with Crippen molar-refractivity contribution < 1.29 is 18.3 Å². The van der Waals surface area contributed by atoms with Crippen LogP contribution < -0.4 is 4.90 Å². The quantitative estimate of drug-likeness (QED) is 0.547. The highest BCUT2D eigenvalue weighted by atomic mass is 32.1. The zero-order chi connectivity index (χ0) is 22.9. The SMILES string of the molecule is CC(C)(C)c1ccc(C(=O)N(CCN2CCOCC2)c2nc3c(F)cc(F)cc3s2)cc1. The summed E-state index contributed by atoms with van der Waals surface area (Å²) in [6.07, 6.45) is 0. The summed E-state index contributed by atoms with van der Waals surface area (Å²) in [7, 11) is 0. The van der Waals surface area contributed by atoms with Gasteiger partial charge in [-0.25, -0.2) is 13.8 Å². The van der Waals surface area contributed by atoms with Gasteiger partial charge in [-0.15, -0.1) is 0 Å². The molecule has 4 rings (SSSR count). The number of carbonyl (C=O) groups is 1. The third-order valence-corrected chi connectivity index (χ3v) is 6.64. The molecule has 5 nitrogen and oxygen atoms in total. The summed E-state index contributed by atoms with van der Waals surface area (Å²) in [6.45, 7) is 10.3. The summed E-state index contributed by atoms with van der Waals surface area (Å²) in [5.74, 6) is -1.59. The Hall–Kier alpha value is -2.42. The predicted molar refractivity (Wildman–Crippen MR) is 124 cm³/mol. The number of benzene rings is 2. The molecule has 2 aromatic carbocycles. The molecule has 0 unspecified atom stereocenters. The third kappa shape index (κ3) is 4.98. The fraction of sp³-hybridized carbons (Fsp3) is 0.417. The Labute approximate surface area is 190 Å². The van der Waals surface area contributed by atoms with Gasteiger partial charge in [-0.05, 0) is 29.2 Å². The molecule has 0 aliphatic carbocycles. The molecule has 0 N–H and O–H groups in total. The van der Waals surface area contributed by atoms with Gasteiger partial charge in [0.05, 0.1) is 17.9 Å². The molecule has 32 heavy (non-hydrogen) atoms. The number of halogens is 2. The van der Waals surface area contributed by atoms with Gasteiger partial charge in [0.1, 0.15) is 11.3 Å². The second-order valence-corrected chi connectivity index (χ2v) is 9.98. The van der Waals surface area contributed by atoms with Gasteiger partial charge in [-0.2, -0.15) is 0 Å². The molecule has 0 atom stereocenters. The topological polar surface area (TPSA) is 45.7 Å². The fourth-order valence-corrected chi connectivity index (χ4v) is 4.71. The summed E-state index contributed by atoms with van der Waals surface area (Å²) >= 11 is 1.12. The van der Waals surface area contributed by atoms with Crippen molar-refractivity contribution in [2.45, 2.75) is 26.2 Å². The molecule has 0 radical (unpaired) electrons. The van der Waals surface area contributed by atoms with Gasteiger partial charge in [-0.1, -0.05) is 44.2 Å². The Morgan fingerprint density at radius 2 is 1.84 bits per heavy atom. The summed E-state index contributed by atoms with van der Waals surface area (Å²) in [4.78, 5) is 21.6. The number of hydrogen-bond acceptors (Lipinski definition) is 5. The number of amides is 1. The average Bonchev–Trinajstić information content (AvgIpc) is 3.18. The molecular weight excluding hydrogens is 432 g/mol. The number of anilines is 1. The zero-order valence-corrected chi connectivity index (χ0v) is 19.3. The van der Waals surface area contributed by atoms with Gasteiger partial charge in [0.25, 0.3) is 5.91 Å². The van der Waals surface area contributed by atoms with Crippen LogP contribution in [0, 0.1) is 11.6 Å². The molecule has 0 bridgehead atoms. The number of carbonyl (C=O) groups excluding carboxylic acids is 1. The highest BCUT2D eigenvalue weighted by Gasteiger charge is 2.24. The number of ether oxygens (including phenoxy) is 1. The van der Waals surface area contributed by atoms with E-state index in [-0.39, 0.29) is 16.8 Å². The minimum absolute atomic E-state index is 0.0216. The number of morpholine rings is 1. The lowest BCUT2D eigenvalue weighted by molar-refractivity contribution is 0.0391. The first-order valence-electron chi connectivity index (χ1n) is 10.7. The molecule has 170 valence electrons. The summed E-state index contributed by atoms with van der Waals surface area (Å²) in [5.41, 5.74) is 1.72. The van der Waals surface area contributed by atoms with Gasteiger partial charge < -0.3 is 4.74 Å². The minimum Gasteiger partial charge on any atom is -0.379 e. The second kappa shape index (κ2) is 9.21. The molecule has 0 spiro atoms. The minimum atomic E-state index is -0.724. The first-order chi connectivity index (χ1) is 15.2. The maximum atomic E-state index is 14.3. The van der Waals surface area contributed by atoms with E-state index in [4.69, 9.17) is 4.74 Å². The van der Waals surface area contributed by atoms with Gasteiger partial charge >= 0.3 is 0 Å². The van der Waals surface area contributed by atoms with Crippen LogP contribution in [0.2, 0.25) is 0 Å². The molecule has 0 saturated carbocycles. The van der Waals surface area contributed by atoms with Gasteiger partial charge in [0.2, 0.25) is 0 Å². The average molecular weight is 460 g/mol. The van der Waals surface area contributed by atoms with E-state index >= 15 is 0 Å². The van der Waals surface area contributed by atoms with Crippen molar-refractivity contribution in [2.75, 3.05) is 44.3 Å². The van der Waals surface area contributed by atoms with E-state index in [2.05, 4.69) is 30.7 Å². The van der Waals surface area contributed by atoms with Crippen molar-refractivity contribution in [3.8, 4) is 0 Å². The van der Waals surface area contributed by atoms with E-state index in [1.807, 2.05) is 24.3 Å². The maximum Gasteiger partial charge on any atom is 0.260 e. The van der Waals surface area contributed by atoms with Crippen molar-refractivity contribution in [1.82, 2.24) is 9.88 Å². The molecule has 1 aromatic heterocycles. The van der Waals surface area contributed by atoms with Crippen molar-refractivity contribution in [1.29, 1.82) is 0 Å². The lowest BCUT2D eigenvalue weighted by atomic mass is 9.86. The first-order valence-corrected chi connectivity index (χ1v) is 11.5. The van der Waals surface area contributed by atoms with Crippen LogP contribution >= 0.6 is 11.3 Å². The number of hydrogen-bond donors (Lipinski definition) is 0.